The van der Waals surface area contributed by atoms with Crippen molar-refractivity contribution in [2.75, 3.05) is 7.11 Å². The summed E-state index contributed by atoms with van der Waals surface area (Å²) in [4.78, 5) is 23.7. The molecule has 2 aromatic carbocycles. The number of carbonyl (C=O) groups is 2. The lowest BCUT2D eigenvalue weighted by molar-refractivity contribution is -0.131. The molecule has 0 radical (unpaired) electrons. The number of hydrogen-bond acceptors (Lipinski definition) is 4. The van der Waals surface area contributed by atoms with Gasteiger partial charge in [0.2, 0.25) is 0 Å². The molecule has 2 amide bonds. The highest BCUT2D eigenvalue weighted by Gasteiger charge is 2.16. The largest absolute Gasteiger partial charge is 0.496 e. The third-order valence-electron chi connectivity index (χ3n) is 3.37. The standard InChI is InChI=1S/C19H19FN2O4/c1-13(26-17-10-6-4-8-15(17)20)19(24)22-21-18(23)12-11-14-7-3-5-9-16(14)25-2/h3-13H,1-2H3,(H,21,23)(H,22,24)/b12-11+/t13-/m0/s1. The molecule has 0 heterocycles. The second-order valence-corrected chi connectivity index (χ2v) is 5.24. The van der Waals surface area contributed by atoms with Gasteiger partial charge in [-0.3, -0.25) is 20.4 Å². The van der Waals surface area contributed by atoms with E-state index in [1.54, 1.807) is 24.3 Å². The first-order chi connectivity index (χ1) is 12.5. The number of nitrogens with one attached hydrogen (secondary N) is 2. The highest BCUT2D eigenvalue weighted by atomic mass is 19.1. The first kappa shape index (κ1) is 19.0. The lowest BCUT2D eigenvalue weighted by Gasteiger charge is -2.15. The fourth-order valence-corrected chi connectivity index (χ4v) is 2.02. The molecule has 0 aliphatic carbocycles. The Kier molecular flexibility index (Phi) is 6.73. The van der Waals surface area contributed by atoms with Crippen LogP contribution in [0.1, 0.15) is 12.5 Å². The topological polar surface area (TPSA) is 76.7 Å². The van der Waals surface area contributed by atoms with Crippen molar-refractivity contribution in [1.29, 1.82) is 0 Å². The number of halogens is 1. The van der Waals surface area contributed by atoms with Gasteiger partial charge in [0.05, 0.1) is 7.11 Å². The van der Waals surface area contributed by atoms with Crippen molar-refractivity contribution >= 4 is 17.9 Å². The maximum atomic E-state index is 13.5. The minimum atomic E-state index is -0.995. The number of carbonyl (C=O) groups excluding carboxylic acids is 2. The first-order valence-corrected chi connectivity index (χ1v) is 7.83. The Morgan fingerprint density at radius 3 is 2.38 bits per heavy atom. The molecule has 6 nitrogen and oxygen atoms in total. The van der Waals surface area contributed by atoms with Crippen LogP contribution in [0.25, 0.3) is 6.08 Å². The smallest absolute Gasteiger partial charge is 0.279 e. The molecule has 0 aromatic heterocycles. The zero-order chi connectivity index (χ0) is 18.9. The summed E-state index contributed by atoms with van der Waals surface area (Å²) in [6.45, 7) is 1.44. The monoisotopic (exact) mass is 358 g/mol. The normalized spacial score (nSPS) is 11.7. The first-order valence-electron chi connectivity index (χ1n) is 7.83. The number of para-hydroxylation sites is 2. The average Bonchev–Trinajstić information content (AvgIpc) is 2.66. The van der Waals surface area contributed by atoms with Crippen LogP contribution >= 0.6 is 0 Å². The predicted octanol–water partition coefficient (Wildman–Crippen LogP) is 2.46. The Balaban J connectivity index is 1.85. The summed E-state index contributed by atoms with van der Waals surface area (Å²) in [6, 6.07) is 12.9. The summed E-state index contributed by atoms with van der Waals surface area (Å²) < 4.78 is 23.9. The van der Waals surface area contributed by atoms with Gasteiger partial charge < -0.3 is 9.47 Å². The van der Waals surface area contributed by atoms with Gasteiger partial charge in [-0.15, -0.1) is 0 Å². The highest BCUT2D eigenvalue weighted by Crippen LogP contribution is 2.18. The predicted molar refractivity (Wildman–Crippen MR) is 94.8 cm³/mol. The molecule has 0 bridgehead atoms. The van der Waals surface area contributed by atoms with Gasteiger partial charge in [0, 0.05) is 11.6 Å². The number of hydrogen-bond donors (Lipinski definition) is 2. The zero-order valence-corrected chi connectivity index (χ0v) is 14.4. The molecule has 0 saturated heterocycles. The number of amides is 2. The van der Waals surface area contributed by atoms with Crippen LogP contribution < -0.4 is 20.3 Å². The highest BCUT2D eigenvalue weighted by molar-refractivity contribution is 5.93. The van der Waals surface area contributed by atoms with Crippen LogP contribution in [-0.2, 0) is 9.59 Å². The summed E-state index contributed by atoms with van der Waals surface area (Å²) in [7, 11) is 1.53. The maximum absolute atomic E-state index is 13.5. The minimum Gasteiger partial charge on any atom is -0.496 e. The van der Waals surface area contributed by atoms with Gasteiger partial charge >= 0.3 is 0 Å². The zero-order valence-electron chi connectivity index (χ0n) is 14.4. The fraction of sp³-hybridized carbons (Fsp3) is 0.158. The minimum absolute atomic E-state index is 0.0439. The molecule has 0 aliphatic rings. The Morgan fingerprint density at radius 2 is 1.69 bits per heavy atom. The van der Waals surface area contributed by atoms with Crippen LogP contribution in [0.5, 0.6) is 11.5 Å². The Hall–Kier alpha value is -3.35. The Bertz CT molecular complexity index is 808. The van der Waals surface area contributed by atoms with E-state index in [9.17, 15) is 14.0 Å². The summed E-state index contributed by atoms with van der Waals surface area (Å²) >= 11 is 0. The van der Waals surface area contributed by atoms with Crippen LogP contribution in [0.15, 0.2) is 54.6 Å². The molecular formula is C19H19FN2O4. The molecular weight excluding hydrogens is 339 g/mol. The van der Waals surface area contributed by atoms with Crippen molar-refractivity contribution in [2.24, 2.45) is 0 Å². The van der Waals surface area contributed by atoms with Crippen LogP contribution in [0.2, 0.25) is 0 Å². The van der Waals surface area contributed by atoms with Crippen LogP contribution in [-0.4, -0.2) is 25.0 Å². The van der Waals surface area contributed by atoms with Crippen LogP contribution in [0, 0.1) is 5.82 Å². The van der Waals surface area contributed by atoms with Crippen molar-refractivity contribution in [3.8, 4) is 11.5 Å². The van der Waals surface area contributed by atoms with E-state index in [0.29, 0.717) is 11.3 Å². The molecule has 2 aromatic rings. The van der Waals surface area contributed by atoms with Crippen LogP contribution in [0.3, 0.4) is 0 Å². The van der Waals surface area contributed by atoms with E-state index < -0.39 is 23.7 Å². The van der Waals surface area contributed by atoms with E-state index in [1.165, 1.54) is 38.3 Å². The second kappa shape index (κ2) is 9.22. The van der Waals surface area contributed by atoms with E-state index in [-0.39, 0.29) is 5.75 Å². The fourth-order valence-electron chi connectivity index (χ4n) is 2.02. The summed E-state index contributed by atoms with van der Waals surface area (Å²) in [6.07, 6.45) is 1.81. The van der Waals surface area contributed by atoms with Crippen LogP contribution in [0.4, 0.5) is 4.39 Å². The summed E-state index contributed by atoms with van der Waals surface area (Å²) in [5.74, 6) is -1.16. The molecule has 1 atom stereocenters. The van der Waals surface area contributed by atoms with Gasteiger partial charge in [-0.1, -0.05) is 30.3 Å². The van der Waals surface area contributed by atoms with Crippen molar-refractivity contribution in [2.45, 2.75) is 13.0 Å². The lowest BCUT2D eigenvalue weighted by Crippen LogP contribution is -2.46. The van der Waals surface area contributed by atoms with Gasteiger partial charge in [0.25, 0.3) is 11.8 Å². The maximum Gasteiger partial charge on any atom is 0.279 e. The number of ether oxygens (including phenoxy) is 2. The molecule has 0 aliphatic heterocycles. The van der Waals surface area contributed by atoms with Crippen molar-refractivity contribution in [3.63, 3.8) is 0 Å². The molecule has 26 heavy (non-hydrogen) atoms. The third-order valence-corrected chi connectivity index (χ3v) is 3.37. The molecule has 2 N–H and O–H groups in total. The molecule has 7 heteroatoms. The van der Waals surface area contributed by atoms with E-state index in [4.69, 9.17) is 9.47 Å². The number of benzene rings is 2. The van der Waals surface area contributed by atoms with Gasteiger partial charge in [-0.25, -0.2) is 4.39 Å². The quantitative estimate of drug-likeness (QED) is 0.614. The third kappa shape index (κ3) is 5.34. The molecule has 0 spiro atoms. The average molecular weight is 358 g/mol. The van der Waals surface area contributed by atoms with Gasteiger partial charge in [-0.05, 0) is 31.2 Å². The van der Waals surface area contributed by atoms with Crippen molar-refractivity contribution < 1.29 is 23.5 Å². The van der Waals surface area contributed by atoms with E-state index in [1.807, 2.05) is 12.1 Å². The number of hydrazine groups is 1. The van der Waals surface area contributed by atoms with E-state index in [2.05, 4.69) is 10.9 Å². The van der Waals surface area contributed by atoms with E-state index in [0.717, 1.165) is 0 Å². The summed E-state index contributed by atoms with van der Waals surface area (Å²) in [5.41, 5.74) is 5.17. The molecule has 0 unspecified atom stereocenters. The van der Waals surface area contributed by atoms with Crippen molar-refractivity contribution in [3.05, 3.63) is 66.0 Å². The van der Waals surface area contributed by atoms with Crippen molar-refractivity contribution in [1.82, 2.24) is 10.9 Å². The van der Waals surface area contributed by atoms with Gasteiger partial charge in [0.1, 0.15) is 5.75 Å². The van der Waals surface area contributed by atoms with Gasteiger partial charge in [0.15, 0.2) is 17.7 Å². The lowest BCUT2D eigenvalue weighted by atomic mass is 10.2. The number of methoxy groups -OCH3 is 1. The number of rotatable bonds is 6. The van der Waals surface area contributed by atoms with Gasteiger partial charge in [-0.2, -0.15) is 0 Å². The summed E-state index contributed by atoms with van der Waals surface area (Å²) in [5, 5.41) is 0. The Morgan fingerprint density at radius 1 is 1.04 bits per heavy atom. The second-order valence-electron chi connectivity index (χ2n) is 5.24. The molecule has 0 fully saturated rings. The molecule has 136 valence electrons. The van der Waals surface area contributed by atoms with E-state index >= 15 is 0 Å². The Labute approximate surface area is 150 Å². The molecule has 0 saturated carbocycles. The SMILES string of the molecule is COc1ccccc1/C=C/C(=O)NNC(=O)[C@H](C)Oc1ccccc1F. The molecule has 2 rings (SSSR count).